The summed E-state index contributed by atoms with van der Waals surface area (Å²) in [5.41, 5.74) is 0.233. The van der Waals surface area contributed by atoms with Gasteiger partial charge in [0.2, 0.25) is 0 Å². The zero-order valence-corrected chi connectivity index (χ0v) is 13.8. The van der Waals surface area contributed by atoms with Crippen LogP contribution in [0, 0.1) is 11.8 Å². The Morgan fingerprint density at radius 2 is 2.10 bits per heavy atom. The Labute approximate surface area is 131 Å². The Bertz CT molecular complexity index is 537. The number of rotatable bonds is 4. The minimum absolute atomic E-state index is 0.0241. The lowest BCUT2D eigenvalue weighted by molar-refractivity contribution is -0.147. The van der Waals surface area contributed by atoms with Crippen molar-refractivity contribution in [1.29, 1.82) is 0 Å². The molecule has 0 radical (unpaired) electrons. The summed E-state index contributed by atoms with van der Waals surface area (Å²) in [4.78, 5) is 11.8. The van der Waals surface area contributed by atoms with Crippen molar-refractivity contribution < 1.29 is 14.6 Å². The van der Waals surface area contributed by atoms with Crippen LogP contribution in [-0.2, 0) is 16.0 Å². The molecule has 0 aliphatic carbocycles. The first kappa shape index (κ1) is 16.3. The predicted molar refractivity (Wildman–Crippen MR) is 83.6 cm³/mol. The van der Waals surface area contributed by atoms with E-state index < -0.39 is 17.5 Å². The van der Waals surface area contributed by atoms with Gasteiger partial charge in [-0.15, -0.1) is 0 Å². The van der Waals surface area contributed by atoms with Crippen molar-refractivity contribution in [1.82, 2.24) is 0 Å². The molecule has 1 heterocycles. The summed E-state index contributed by atoms with van der Waals surface area (Å²) < 4.78 is 6.05. The minimum atomic E-state index is -0.769. The smallest absolute Gasteiger partial charge is 0.307 e. The van der Waals surface area contributed by atoms with Crippen LogP contribution in [0.1, 0.15) is 39.7 Å². The SMILES string of the molecule is CC1(C)CC(C(Cc2cccc(Cl)c2)C(=O)O)C(C)(C)O1. The first-order valence-electron chi connectivity index (χ1n) is 7.28. The number of carbonyl (C=O) groups is 1. The molecular formula is C17H23ClO3. The van der Waals surface area contributed by atoms with Crippen molar-refractivity contribution in [3.8, 4) is 0 Å². The van der Waals surface area contributed by atoms with Crippen molar-refractivity contribution in [3.05, 3.63) is 34.9 Å². The summed E-state index contributed by atoms with van der Waals surface area (Å²) >= 11 is 6.00. The number of carboxylic acid groups (broad SMARTS) is 1. The largest absolute Gasteiger partial charge is 0.481 e. The van der Waals surface area contributed by atoms with Crippen LogP contribution in [0.15, 0.2) is 24.3 Å². The molecule has 0 aromatic heterocycles. The average molecular weight is 311 g/mol. The molecule has 1 aromatic rings. The topological polar surface area (TPSA) is 46.5 Å². The van der Waals surface area contributed by atoms with Crippen LogP contribution in [0.2, 0.25) is 5.02 Å². The molecule has 2 rings (SSSR count). The van der Waals surface area contributed by atoms with Gasteiger partial charge in [0.15, 0.2) is 0 Å². The van der Waals surface area contributed by atoms with Gasteiger partial charge >= 0.3 is 5.97 Å². The fourth-order valence-electron chi connectivity index (χ4n) is 3.55. The van der Waals surface area contributed by atoms with Gasteiger partial charge in [0.25, 0.3) is 0 Å². The molecule has 0 spiro atoms. The molecule has 3 nitrogen and oxygen atoms in total. The molecule has 116 valence electrons. The third-order valence-electron chi connectivity index (χ3n) is 4.29. The van der Waals surface area contributed by atoms with Crippen LogP contribution in [0.5, 0.6) is 0 Å². The summed E-state index contributed by atoms with van der Waals surface area (Å²) in [6.45, 7) is 8.01. The van der Waals surface area contributed by atoms with E-state index in [-0.39, 0.29) is 11.5 Å². The van der Waals surface area contributed by atoms with Crippen LogP contribution >= 0.6 is 11.6 Å². The number of benzene rings is 1. The highest BCUT2D eigenvalue weighted by molar-refractivity contribution is 6.30. The highest BCUT2D eigenvalue weighted by atomic mass is 35.5. The minimum Gasteiger partial charge on any atom is -0.481 e. The molecule has 4 heteroatoms. The molecule has 2 unspecified atom stereocenters. The van der Waals surface area contributed by atoms with Gasteiger partial charge in [0.05, 0.1) is 17.1 Å². The maximum absolute atomic E-state index is 11.8. The fraction of sp³-hybridized carbons (Fsp3) is 0.588. The standard InChI is InChI=1S/C17H23ClO3/c1-16(2)10-14(17(3,4)21-16)13(15(19)20)9-11-6-5-7-12(18)8-11/h5-8,13-14H,9-10H2,1-4H3,(H,19,20). The predicted octanol–water partition coefficient (Wildman–Crippen LogP) is 4.18. The second kappa shape index (κ2) is 5.62. The zero-order chi connectivity index (χ0) is 15.8. The van der Waals surface area contributed by atoms with E-state index in [2.05, 4.69) is 0 Å². The van der Waals surface area contributed by atoms with E-state index in [1.54, 1.807) is 6.07 Å². The molecule has 0 amide bonds. The molecule has 1 aliphatic rings. The Balaban J connectivity index is 2.26. The molecule has 1 aliphatic heterocycles. The van der Waals surface area contributed by atoms with Crippen molar-refractivity contribution >= 4 is 17.6 Å². The average Bonchev–Trinajstić information content (AvgIpc) is 2.54. The molecule has 2 atom stereocenters. The maximum atomic E-state index is 11.8. The number of ether oxygens (including phenoxy) is 1. The van der Waals surface area contributed by atoms with Crippen LogP contribution in [0.25, 0.3) is 0 Å². The third-order valence-corrected chi connectivity index (χ3v) is 4.53. The number of halogens is 1. The van der Waals surface area contributed by atoms with E-state index in [9.17, 15) is 9.90 Å². The zero-order valence-electron chi connectivity index (χ0n) is 13.0. The number of hydrogen-bond acceptors (Lipinski definition) is 2. The van der Waals surface area contributed by atoms with E-state index in [1.165, 1.54) is 0 Å². The van der Waals surface area contributed by atoms with E-state index in [0.717, 1.165) is 12.0 Å². The van der Waals surface area contributed by atoms with Crippen LogP contribution in [-0.4, -0.2) is 22.3 Å². The normalized spacial score (nSPS) is 24.7. The quantitative estimate of drug-likeness (QED) is 0.907. The van der Waals surface area contributed by atoms with Gasteiger partial charge in [-0.1, -0.05) is 23.7 Å². The lowest BCUT2D eigenvalue weighted by atomic mass is 9.75. The summed E-state index contributed by atoms with van der Waals surface area (Å²) in [6, 6.07) is 7.42. The first-order valence-corrected chi connectivity index (χ1v) is 7.66. The summed E-state index contributed by atoms with van der Waals surface area (Å²) in [5.74, 6) is -1.27. The molecule has 1 aromatic carbocycles. The van der Waals surface area contributed by atoms with Crippen molar-refractivity contribution in [3.63, 3.8) is 0 Å². The lowest BCUT2D eigenvalue weighted by Crippen LogP contribution is -2.37. The van der Waals surface area contributed by atoms with Gasteiger partial charge < -0.3 is 9.84 Å². The summed E-state index contributed by atoms with van der Waals surface area (Å²) in [6.07, 6.45) is 1.22. The maximum Gasteiger partial charge on any atom is 0.307 e. The van der Waals surface area contributed by atoms with Gasteiger partial charge in [0, 0.05) is 10.9 Å². The Morgan fingerprint density at radius 3 is 2.57 bits per heavy atom. The van der Waals surface area contributed by atoms with E-state index in [1.807, 2.05) is 45.9 Å². The monoisotopic (exact) mass is 310 g/mol. The van der Waals surface area contributed by atoms with Gasteiger partial charge in [-0.25, -0.2) is 0 Å². The fourth-order valence-corrected chi connectivity index (χ4v) is 3.76. The van der Waals surface area contributed by atoms with E-state index >= 15 is 0 Å². The Morgan fingerprint density at radius 1 is 1.43 bits per heavy atom. The third kappa shape index (κ3) is 3.78. The summed E-state index contributed by atoms with van der Waals surface area (Å²) in [7, 11) is 0. The molecule has 1 N–H and O–H groups in total. The lowest BCUT2D eigenvalue weighted by Gasteiger charge is -2.31. The molecule has 0 saturated carbocycles. The van der Waals surface area contributed by atoms with Gasteiger partial charge in [-0.3, -0.25) is 4.79 Å². The van der Waals surface area contributed by atoms with Crippen LogP contribution < -0.4 is 0 Å². The number of carboxylic acids is 1. The highest BCUT2D eigenvalue weighted by Gasteiger charge is 2.50. The molecule has 21 heavy (non-hydrogen) atoms. The van der Waals surface area contributed by atoms with E-state index in [4.69, 9.17) is 16.3 Å². The Hall–Kier alpha value is -1.06. The van der Waals surface area contributed by atoms with Crippen molar-refractivity contribution in [2.24, 2.45) is 11.8 Å². The second-order valence-electron chi connectivity index (χ2n) is 7.05. The molecular weight excluding hydrogens is 288 g/mol. The first-order chi connectivity index (χ1) is 9.61. The van der Waals surface area contributed by atoms with Crippen LogP contribution in [0.3, 0.4) is 0 Å². The van der Waals surface area contributed by atoms with Crippen molar-refractivity contribution in [2.75, 3.05) is 0 Å². The van der Waals surface area contributed by atoms with Crippen molar-refractivity contribution in [2.45, 2.75) is 51.7 Å². The van der Waals surface area contributed by atoms with Gasteiger partial charge in [0.1, 0.15) is 0 Å². The number of aliphatic carboxylic acids is 1. The van der Waals surface area contributed by atoms with Crippen LogP contribution in [0.4, 0.5) is 0 Å². The van der Waals surface area contributed by atoms with E-state index in [0.29, 0.717) is 11.4 Å². The van der Waals surface area contributed by atoms with Gasteiger partial charge in [-0.2, -0.15) is 0 Å². The number of hydrogen-bond donors (Lipinski definition) is 1. The molecule has 0 bridgehead atoms. The second-order valence-corrected chi connectivity index (χ2v) is 7.49. The van der Waals surface area contributed by atoms with Gasteiger partial charge in [-0.05, 0) is 58.2 Å². The molecule has 1 fully saturated rings. The Kier molecular flexibility index (Phi) is 4.36. The molecule has 1 saturated heterocycles. The highest BCUT2D eigenvalue weighted by Crippen LogP contribution is 2.46. The summed E-state index contributed by atoms with van der Waals surface area (Å²) in [5, 5.41) is 10.3.